The van der Waals surface area contributed by atoms with Crippen molar-refractivity contribution >= 4 is 12.1 Å². The monoisotopic (exact) mass is 270 g/mol. The van der Waals surface area contributed by atoms with Crippen molar-refractivity contribution in [3.63, 3.8) is 0 Å². The van der Waals surface area contributed by atoms with Gasteiger partial charge in [-0.1, -0.05) is 12.7 Å². The molecule has 0 saturated carbocycles. The number of hydrogen-bond donors (Lipinski definition) is 1. The van der Waals surface area contributed by atoms with Crippen LogP contribution in [-0.2, 0) is 9.53 Å². The Bertz CT molecular complexity index is 333. The Hall–Kier alpha value is -1.56. The van der Waals surface area contributed by atoms with E-state index in [0.29, 0.717) is 13.1 Å². The Morgan fingerprint density at radius 1 is 1.47 bits per heavy atom. The minimum Gasteiger partial charge on any atom is -0.480 e. The number of nitrogens with zero attached hydrogens (tertiary/aromatic N) is 2. The van der Waals surface area contributed by atoms with Crippen LogP contribution in [0, 0.1) is 0 Å². The van der Waals surface area contributed by atoms with Gasteiger partial charge in [0.2, 0.25) is 0 Å². The quantitative estimate of drug-likeness (QED) is 0.760. The molecule has 1 fully saturated rings. The minimum absolute atomic E-state index is 0.0333. The molecule has 1 atom stereocenters. The summed E-state index contributed by atoms with van der Waals surface area (Å²) >= 11 is 0. The van der Waals surface area contributed by atoms with Crippen LogP contribution in [0.5, 0.6) is 0 Å². The van der Waals surface area contributed by atoms with Crippen molar-refractivity contribution in [3.05, 3.63) is 12.7 Å². The number of likely N-dealkylation sites (tertiary alicyclic amines) is 1. The van der Waals surface area contributed by atoms with Gasteiger partial charge >= 0.3 is 12.1 Å². The summed E-state index contributed by atoms with van der Waals surface area (Å²) in [5.74, 6) is -0.825. The molecule has 1 rings (SSSR count). The molecule has 0 aromatic heterocycles. The number of carbonyl (C=O) groups excluding carboxylic acids is 1. The first kappa shape index (κ1) is 15.5. The largest absolute Gasteiger partial charge is 0.480 e. The van der Waals surface area contributed by atoms with Gasteiger partial charge in [0.05, 0.1) is 6.54 Å². The van der Waals surface area contributed by atoms with E-state index in [1.807, 2.05) is 11.9 Å². The maximum absolute atomic E-state index is 11.7. The van der Waals surface area contributed by atoms with Crippen LogP contribution in [0.25, 0.3) is 0 Å². The second-order valence-corrected chi connectivity index (χ2v) is 4.75. The van der Waals surface area contributed by atoms with E-state index in [1.54, 1.807) is 11.0 Å². The molecule has 1 N–H and O–H groups in total. The summed E-state index contributed by atoms with van der Waals surface area (Å²) in [5.41, 5.74) is 0. The number of carboxylic acids is 1. The third-order valence-electron chi connectivity index (χ3n) is 3.29. The highest BCUT2D eigenvalue weighted by atomic mass is 16.6. The molecule has 1 aliphatic heterocycles. The van der Waals surface area contributed by atoms with E-state index < -0.39 is 5.97 Å². The van der Waals surface area contributed by atoms with Crippen molar-refractivity contribution in [2.45, 2.75) is 25.3 Å². The van der Waals surface area contributed by atoms with Crippen molar-refractivity contribution < 1.29 is 19.4 Å². The molecule has 6 heteroatoms. The lowest BCUT2D eigenvalue weighted by molar-refractivity contribution is -0.138. The van der Waals surface area contributed by atoms with Gasteiger partial charge in [0.25, 0.3) is 0 Å². The number of carbonyl (C=O) groups is 2. The van der Waals surface area contributed by atoms with Gasteiger partial charge in [-0.3, -0.25) is 9.69 Å². The van der Waals surface area contributed by atoms with Crippen molar-refractivity contribution in [1.29, 1.82) is 0 Å². The van der Waals surface area contributed by atoms with E-state index in [4.69, 9.17) is 9.84 Å². The SMILES string of the molecule is C=CCOC(=O)N1CCCC(N(C)CC(=O)O)CC1. The van der Waals surface area contributed by atoms with E-state index in [9.17, 15) is 9.59 Å². The first-order valence-corrected chi connectivity index (χ1v) is 6.49. The van der Waals surface area contributed by atoms with Gasteiger partial charge in [0.1, 0.15) is 6.61 Å². The van der Waals surface area contributed by atoms with Crippen LogP contribution in [-0.4, -0.2) is 66.3 Å². The smallest absolute Gasteiger partial charge is 0.410 e. The molecule has 1 unspecified atom stereocenters. The zero-order valence-corrected chi connectivity index (χ0v) is 11.4. The Balaban J connectivity index is 2.44. The fourth-order valence-electron chi connectivity index (χ4n) is 2.27. The number of carboxylic acid groups (broad SMARTS) is 1. The Labute approximate surface area is 113 Å². The summed E-state index contributed by atoms with van der Waals surface area (Å²) in [7, 11) is 1.81. The van der Waals surface area contributed by atoms with Gasteiger partial charge in [-0.15, -0.1) is 0 Å². The molecular formula is C13H22N2O4. The Morgan fingerprint density at radius 2 is 2.21 bits per heavy atom. The summed E-state index contributed by atoms with van der Waals surface area (Å²) in [6.45, 7) is 5.02. The third-order valence-corrected chi connectivity index (χ3v) is 3.29. The lowest BCUT2D eigenvalue weighted by Crippen LogP contribution is -2.37. The van der Waals surface area contributed by atoms with Crippen molar-refractivity contribution in [3.8, 4) is 0 Å². The van der Waals surface area contributed by atoms with Crippen LogP contribution in [0.2, 0.25) is 0 Å². The zero-order chi connectivity index (χ0) is 14.3. The molecule has 0 bridgehead atoms. The third kappa shape index (κ3) is 5.30. The van der Waals surface area contributed by atoms with Crippen LogP contribution in [0.4, 0.5) is 4.79 Å². The molecule has 0 aromatic rings. The van der Waals surface area contributed by atoms with Crippen molar-refractivity contribution in [2.75, 3.05) is 33.3 Å². The summed E-state index contributed by atoms with van der Waals surface area (Å²) in [5, 5.41) is 8.79. The highest BCUT2D eigenvalue weighted by Gasteiger charge is 2.24. The number of hydrogen-bond acceptors (Lipinski definition) is 4. The van der Waals surface area contributed by atoms with Gasteiger partial charge < -0.3 is 14.7 Å². The van der Waals surface area contributed by atoms with Crippen molar-refractivity contribution in [1.82, 2.24) is 9.80 Å². The second-order valence-electron chi connectivity index (χ2n) is 4.75. The van der Waals surface area contributed by atoms with E-state index >= 15 is 0 Å². The lowest BCUT2D eigenvalue weighted by atomic mass is 10.1. The van der Waals surface area contributed by atoms with Gasteiger partial charge in [-0.05, 0) is 26.3 Å². The normalized spacial score (nSPS) is 19.9. The van der Waals surface area contributed by atoms with Gasteiger partial charge in [0.15, 0.2) is 0 Å². The molecule has 0 aromatic carbocycles. The first-order valence-electron chi connectivity index (χ1n) is 6.49. The van der Waals surface area contributed by atoms with Crippen LogP contribution < -0.4 is 0 Å². The highest BCUT2D eigenvalue weighted by molar-refractivity contribution is 5.69. The predicted molar refractivity (Wildman–Crippen MR) is 71.0 cm³/mol. The molecule has 1 heterocycles. The van der Waals surface area contributed by atoms with Gasteiger partial charge in [-0.25, -0.2) is 4.79 Å². The number of aliphatic carboxylic acids is 1. The molecule has 19 heavy (non-hydrogen) atoms. The van der Waals surface area contributed by atoms with Crippen LogP contribution in [0.15, 0.2) is 12.7 Å². The number of amides is 1. The van der Waals surface area contributed by atoms with E-state index in [2.05, 4.69) is 6.58 Å². The van der Waals surface area contributed by atoms with Crippen LogP contribution in [0.3, 0.4) is 0 Å². The summed E-state index contributed by atoms with van der Waals surface area (Å²) in [4.78, 5) is 25.9. The molecular weight excluding hydrogens is 248 g/mol. The molecule has 6 nitrogen and oxygen atoms in total. The van der Waals surface area contributed by atoms with Gasteiger partial charge in [0, 0.05) is 19.1 Å². The van der Waals surface area contributed by atoms with Crippen LogP contribution >= 0.6 is 0 Å². The molecule has 0 aliphatic carbocycles. The van der Waals surface area contributed by atoms with Crippen molar-refractivity contribution in [2.24, 2.45) is 0 Å². The van der Waals surface area contributed by atoms with E-state index in [0.717, 1.165) is 19.3 Å². The molecule has 0 spiro atoms. The highest BCUT2D eigenvalue weighted by Crippen LogP contribution is 2.16. The maximum Gasteiger partial charge on any atom is 0.410 e. The second kappa shape index (κ2) is 7.78. The summed E-state index contributed by atoms with van der Waals surface area (Å²) in [6, 6.07) is 0.202. The molecule has 1 aliphatic rings. The lowest BCUT2D eigenvalue weighted by Gasteiger charge is -2.25. The molecule has 1 saturated heterocycles. The van der Waals surface area contributed by atoms with E-state index in [-0.39, 0.29) is 25.3 Å². The average Bonchev–Trinajstić information content (AvgIpc) is 2.60. The standard InChI is InChI=1S/C13H22N2O4/c1-3-9-19-13(18)15-7-4-5-11(6-8-15)14(2)10-12(16)17/h3,11H,1,4-10H2,2H3,(H,16,17). The predicted octanol–water partition coefficient (Wildman–Crippen LogP) is 1.18. The summed E-state index contributed by atoms with van der Waals surface area (Å²) < 4.78 is 5.01. The molecule has 108 valence electrons. The number of likely N-dealkylation sites (N-methyl/N-ethyl adjacent to an activating group) is 1. The summed E-state index contributed by atoms with van der Waals surface area (Å²) in [6.07, 6.45) is 3.75. The molecule has 0 radical (unpaired) electrons. The number of rotatable bonds is 5. The fraction of sp³-hybridized carbons (Fsp3) is 0.692. The Morgan fingerprint density at radius 3 is 2.84 bits per heavy atom. The average molecular weight is 270 g/mol. The minimum atomic E-state index is -0.825. The molecule has 1 amide bonds. The zero-order valence-electron chi connectivity index (χ0n) is 11.4. The van der Waals surface area contributed by atoms with Crippen LogP contribution in [0.1, 0.15) is 19.3 Å². The van der Waals surface area contributed by atoms with Gasteiger partial charge in [-0.2, -0.15) is 0 Å². The number of ether oxygens (including phenoxy) is 1. The Kier molecular flexibility index (Phi) is 6.35. The first-order chi connectivity index (χ1) is 9.04. The topological polar surface area (TPSA) is 70.1 Å². The fourth-order valence-corrected chi connectivity index (χ4v) is 2.27. The maximum atomic E-state index is 11.7. The van der Waals surface area contributed by atoms with E-state index in [1.165, 1.54) is 0 Å².